The molecule has 39 heavy (non-hydrogen) atoms. The van der Waals surface area contributed by atoms with Crippen molar-refractivity contribution in [3.63, 3.8) is 0 Å². The van der Waals surface area contributed by atoms with Crippen LogP contribution in [0.25, 0.3) is 0 Å². The number of aromatic nitrogens is 2. The second kappa shape index (κ2) is 11.7. The molecule has 2 aliphatic rings. The number of fused-ring (bicyclic) bond motifs is 1. The minimum Gasteiger partial charge on any atom is -0.406 e. The predicted molar refractivity (Wildman–Crippen MR) is 145 cm³/mol. The van der Waals surface area contributed by atoms with Crippen LogP contribution in [0.15, 0.2) is 54.9 Å². The number of carbonyl (C=O) groups excluding carboxylic acids is 2. The molecule has 3 heterocycles. The number of ether oxygens (including phenoxy) is 1. The monoisotopic (exact) mass is 551 g/mol. The number of carbonyl (C=O) groups is 2. The van der Waals surface area contributed by atoms with Crippen molar-refractivity contribution in [2.45, 2.75) is 26.3 Å². The zero-order valence-corrected chi connectivity index (χ0v) is 22.7. The molecule has 0 bridgehead atoms. The topological polar surface area (TPSA) is 87.7 Å². The normalized spacial score (nSPS) is 19.5. The Bertz CT molecular complexity index is 1300. The Morgan fingerprint density at radius 3 is 2.33 bits per heavy atom. The molecule has 2 aliphatic heterocycles. The van der Waals surface area contributed by atoms with Crippen molar-refractivity contribution < 1.29 is 18.7 Å². The maximum Gasteiger partial charge on any atom is 0.413 e. The van der Waals surface area contributed by atoms with Crippen LogP contribution in [0.5, 0.6) is 5.75 Å². The lowest BCUT2D eigenvalue weighted by molar-refractivity contribution is 0.0769. The van der Waals surface area contributed by atoms with Crippen LogP contribution in [0.4, 0.5) is 9.18 Å². The van der Waals surface area contributed by atoms with Gasteiger partial charge in [0.1, 0.15) is 12.1 Å². The lowest BCUT2D eigenvalue weighted by Gasteiger charge is -2.25. The van der Waals surface area contributed by atoms with Gasteiger partial charge in [0.2, 0.25) is 0 Å². The summed E-state index contributed by atoms with van der Waals surface area (Å²) in [6.45, 7) is 7.15. The second-order valence-electron chi connectivity index (χ2n) is 10.2. The molecular weight excluding hydrogens is 521 g/mol. The first-order valence-corrected chi connectivity index (χ1v) is 13.4. The molecule has 1 aromatic heterocycles. The zero-order valence-electron chi connectivity index (χ0n) is 21.9. The lowest BCUT2D eigenvalue weighted by Crippen LogP contribution is -2.36. The minimum absolute atomic E-state index is 0.0490. The number of likely N-dealkylation sites (tertiary alicyclic amines) is 2. The highest BCUT2D eigenvalue weighted by Crippen LogP contribution is 2.34. The molecule has 2 fully saturated rings. The fraction of sp³-hybridized carbons (Fsp3) is 0.379. The summed E-state index contributed by atoms with van der Waals surface area (Å²) < 4.78 is 19.9. The first-order valence-electron chi connectivity index (χ1n) is 13.1. The zero-order chi connectivity index (χ0) is 27.5. The number of hydrogen-bond donors (Lipinski definition) is 1. The fourth-order valence-corrected chi connectivity index (χ4v) is 5.86. The number of benzene rings is 2. The maximum atomic E-state index is 14.3. The molecule has 2 aromatic carbocycles. The fourth-order valence-electron chi connectivity index (χ4n) is 5.61. The molecule has 204 valence electrons. The molecule has 10 heteroatoms. The molecular formula is C29H31ClFN5O3. The Balaban J connectivity index is 1.18. The highest BCUT2D eigenvalue weighted by Gasteiger charge is 2.42. The summed E-state index contributed by atoms with van der Waals surface area (Å²) in [4.78, 5) is 38.1. The van der Waals surface area contributed by atoms with Crippen molar-refractivity contribution in [2.24, 2.45) is 11.8 Å². The van der Waals surface area contributed by atoms with Crippen LogP contribution >= 0.6 is 11.6 Å². The van der Waals surface area contributed by atoms with Gasteiger partial charge in [-0.2, -0.15) is 0 Å². The van der Waals surface area contributed by atoms with Gasteiger partial charge in [0.25, 0.3) is 5.91 Å². The van der Waals surface area contributed by atoms with Crippen LogP contribution in [-0.4, -0.2) is 64.5 Å². The van der Waals surface area contributed by atoms with Crippen molar-refractivity contribution >= 4 is 23.6 Å². The number of halogens is 2. The summed E-state index contributed by atoms with van der Waals surface area (Å²) in [5.41, 5.74) is 2.14. The quantitative estimate of drug-likeness (QED) is 0.453. The van der Waals surface area contributed by atoms with E-state index in [2.05, 4.69) is 20.2 Å². The Kier molecular flexibility index (Phi) is 8.09. The van der Waals surface area contributed by atoms with Gasteiger partial charge in [0, 0.05) is 32.7 Å². The lowest BCUT2D eigenvalue weighted by atomic mass is 10.0. The standard InChI is InChI=1S/C29H31ClFN5O3/c1-18-27(19(2)33-17-32-18)39-29(38)34-25(20-7-4-3-5-8-20)11-12-35-13-21-15-36(16-22(21)14-35)28(37)26-23(30)9-6-10-24(26)31/h3-10,17,21-22,25H,11-16H2,1-2H3,(H,34,38)/t21-,22?,25?/m0/s1. The van der Waals surface area contributed by atoms with Crippen molar-refractivity contribution in [1.29, 1.82) is 0 Å². The van der Waals surface area contributed by atoms with Crippen LogP contribution in [-0.2, 0) is 0 Å². The summed E-state index contributed by atoms with van der Waals surface area (Å²) in [5, 5.41) is 3.16. The van der Waals surface area contributed by atoms with Gasteiger partial charge in [0.05, 0.1) is 28.0 Å². The molecule has 0 aliphatic carbocycles. The predicted octanol–water partition coefficient (Wildman–Crippen LogP) is 4.81. The average Bonchev–Trinajstić information content (AvgIpc) is 3.48. The van der Waals surface area contributed by atoms with E-state index in [1.165, 1.54) is 18.5 Å². The van der Waals surface area contributed by atoms with E-state index >= 15 is 0 Å². The Morgan fingerprint density at radius 1 is 1.03 bits per heavy atom. The Labute approximate surface area is 232 Å². The van der Waals surface area contributed by atoms with E-state index in [4.69, 9.17) is 16.3 Å². The van der Waals surface area contributed by atoms with Gasteiger partial charge in [0.15, 0.2) is 5.75 Å². The Morgan fingerprint density at radius 2 is 1.69 bits per heavy atom. The number of nitrogens with one attached hydrogen (secondary N) is 1. The summed E-state index contributed by atoms with van der Waals surface area (Å²) in [6, 6.07) is 13.9. The van der Waals surface area contributed by atoms with Crippen molar-refractivity contribution in [3.8, 4) is 5.75 Å². The molecule has 0 spiro atoms. The number of amides is 2. The van der Waals surface area contributed by atoms with Crippen molar-refractivity contribution in [1.82, 2.24) is 25.1 Å². The largest absolute Gasteiger partial charge is 0.413 e. The van der Waals surface area contributed by atoms with Gasteiger partial charge >= 0.3 is 6.09 Å². The average molecular weight is 552 g/mol. The van der Waals surface area contributed by atoms with Gasteiger partial charge in [-0.05, 0) is 49.8 Å². The van der Waals surface area contributed by atoms with Crippen LogP contribution < -0.4 is 10.1 Å². The third-order valence-corrected chi connectivity index (χ3v) is 7.92. The van der Waals surface area contributed by atoms with E-state index < -0.39 is 11.9 Å². The molecule has 2 unspecified atom stereocenters. The molecule has 8 nitrogen and oxygen atoms in total. The van der Waals surface area contributed by atoms with Gasteiger partial charge in [-0.3, -0.25) is 4.79 Å². The Hall–Kier alpha value is -3.56. The number of hydrogen-bond acceptors (Lipinski definition) is 6. The van der Waals surface area contributed by atoms with Gasteiger partial charge < -0.3 is 19.9 Å². The number of aryl methyl sites for hydroxylation is 2. The van der Waals surface area contributed by atoms with E-state index in [1.807, 2.05) is 30.3 Å². The number of rotatable bonds is 7. The molecule has 2 saturated heterocycles. The van der Waals surface area contributed by atoms with E-state index in [0.29, 0.717) is 48.5 Å². The smallest absolute Gasteiger partial charge is 0.406 e. The summed E-state index contributed by atoms with van der Waals surface area (Å²) in [6.07, 6.45) is 1.58. The van der Waals surface area contributed by atoms with Gasteiger partial charge in [-0.1, -0.05) is 48.0 Å². The minimum atomic E-state index is -0.589. The van der Waals surface area contributed by atoms with Crippen LogP contribution in [0.3, 0.4) is 0 Å². The highest BCUT2D eigenvalue weighted by molar-refractivity contribution is 6.33. The first-order chi connectivity index (χ1) is 18.8. The summed E-state index contributed by atoms with van der Waals surface area (Å²) >= 11 is 6.12. The number of nitrogens with zero attached hydrogens (tertiary/aromatic N) is 4. The van der Waals surface area contributed by atoms with E-state index in [-0.39, 0.29) is 22.5 Å². The van der Waals surface area contributed by atoms with Crippen LogP contribution in [0.2, 0.25) is 5.02 Å². The van der Waals surface area contributed by atoms with Crippen LogP contribution in [0.1, 0.15) is 39.8 Å². The van der Waals surface area contributed by atoms with Crippen molar-refractivity contribution in [3.05, 3.63) is 88.2 Å². The van der Waals surface area contributed by atoms with E-state index in [1.54, 1.807) is 24.8 Å². The first kappa shape index (κ1) is 27.0. The third kappa shape index (κ3) is 6.04. The maximum absolute atomic E-state index is 14.3. The summed E-state index contributed by atoms with van der Waals surface area (Å²) in [7, 11) is 0. The SMILES string of the molecule is Cc1ncnc(C)c1OC(=O)NC(CCN1CC2CN(C(=O)c3c(F)cccc3Cl)C[C@@H]2C1)c1ccccc1. The molecule has 1 N–H and O–H groups in total. The molecule has 0 radical (unpaired) electrons. The third-order valence-electron chi connectivity index (χ3n) is 7.61. The second-order valence-corrected chi connectivity index (χ2v) is 10.7. The molecule has 2 amide bonds. The van der Waals surface area contributed by atoms with Gasteiger partial charge in [-0.25, -0.2) is 19.2 Å². The van der Waals surface area contributed by atoms with E-state index in [9.17, 15) is 14.0 Å². The molecule has 3 aromatic rings. The van der Waals surface area contributed by atoms with E-state index in [0.717, 1.165) is 25.2 Å². The highest BCUT2D eigenvalue weighted by atomic mass is 35.5. The van der Waals surface area contributed by atoms with Crippen LogP contribution in [0, 0.1) is 31.5 Å². The molecule has 0 saturated carbocycles. The van der Waals surface area contributed by atoms with Crippen molar-refractivity contribution in [2.75, 3.05) is 32.7 Å². The molecule has 5 rings (SSSR count). The summed E-state index contributed by atoms with van der Waals surface area (Å²) in [5.74, 6) is 0.0627. The van der Waals surface area contributed by atoms with Gasteiger partial charge in [-0.15, -0.1) is 0 Å². The molecule has 3 atom stereocenters.